The fourth-order valence-corrected chi connectivity index (χ4v) is 2.65. The van der Waals surface area contributed by atoms with Gasteiger partial charge in [0.25, 0.3) is 0 Å². The highest BCUT2D eigenvalue weighted by atomic mass is 16.3. The molecule has 1 aromatic carbocycles. The topological polar surface area (TPSA) is 91.1 Å². The summed E-state index contributed by atoms with van der Waals surface area (Å²) in [4.78, 5) is 6.72. The third kappa shape index (κ3) is 2.85. The minimum Gasteiger partial charge on any atom is -0.508 e. The summed E-state index contributed by atoms with van der Waals surface area (Å²) in [6.45, 7) is 4.51. The second-order valence-electron chi connectivity index (χ2n) is 5.65. The quantitative estimate of drug-likeness (QED) is 0.798. The summed E-state index contributed by atoms with van der Waals surface area (Å²) in [6, 6.07) is 5.51. The van der Waals surface area contributed by atoms with Gasteiger partial charge in [0.05, 0.1) is 0 Å². The van der Waals surface area contributed by atoms with Gasteiger partial charge in [-0.05, 0) is 43.9 Å². The molecule has 4 N–H and O–H groups in total. The van der Waals surface area contributed by atoms with E-state index in [1.165, 1.54) is 0 Å². The van der Waals surface area contributed by atoms with Crippen molar-refractivity contribution in [2.75, 3.05) is 24.5 Å². The molecule has 0 saturated carbocycles. The first-order valence-corrected chi connectivity index (χ1v) is 7.35. The number of aromatic hydroxyl groups is 1. The van der Waals surface area contributed by atoms with Gasteiger partial charge in [-0.25, -0.2) is 0 Å². The molecule has 2 heterocycles. The second kappa shape index (κ2) is 5.73. The highest BCUT2D eigenvalue weighted by Crippen LogP contribution is 2.26. The van der Waals surface area contributed by atoms with Crippen LogP contribution >= 0.6 is 0 Å². The molecule has 1 aromatic heterocycles. The monoisotopic (exact) mass is 287 g/mol. The molecule has 0 aliphatic carbocycles. The number of nitrogens with zero attached hydrogens (tertiary/aromatic N) is 3. The zero-order valence-corrected chi connectivity index (χ0v) is 12.2. The maximum Gasteiger partial charge on any atom is 0.245 e. The molecule has 21 heavy (non-hydrogen) atoms. The summed E-state index contributed by atoms with van der Waals surface area (Å²) in [6.07, 6.45) is 2.18. The normalized spacial score (nSPS) is 16.4. The standard InChI is InChI=1S/C15H21N5O/c1-10-2-3-12(8-13(10)21)14-17-15(19-18-14)20-6-4-11(9-16)5-7-20/h2-3,8,11,21H,4-7,9,16H2,1H3,(H,17,18,19). The average molecular weight is 287 g/mol. The van der Waals surface area contributed by atoms with Crippen molar-refractivity contribution < 1.29 is 5.11 Å². The van der Waals surface area contributed by atoms with Crippen LogP contribution in [0.1, 0.15) is 18.4 Å². The maximum absolute atomic E-state index is 9.79. The number of rotatable bonds is 3. The highest BCUT2D eigenvalue weighted by molar-refractivity contribution is 5.60. The lowest BCUT2D eigenvalue weighted by Crippen LogP contribution is -2.36. The van der Waals surface area contributed by atoms with Crippen molar-refractivity contribution in [2.24, 2.45) is 11.7 Å². The van der Waals surface area contributed by atoms with Crippen molar-refractivity contribution in [1.82, 2.24) is 15.2 Å². The van der Waals surface area contributed by atoms with Crippen molar-refractivity contribution >= 4 is 5.95 Å². The van der Waals surface area contributed by atoms with Crippen LogP contribution in [0, 0.1) is 12.8 Å². The highest BCUT2D eigenvalue weighted by Gasteiger charge is 2.21. The van der Waals surface area contributed by atoms with Crippen molar-refractivity contribution in [1.29, 1.82) is 0 Å². The molecule has 1 saturated heterocycles. The average Bonchev–Trinajstić information content (AvgIpc) is 3.00. The van der Waals surface area contributed by atoms with Gasteiger partial charge in [-0.3, -0.25) is 5.10 Å². The van der Waals surface area contributed by atoms with Gasteiger partial charge in [0.1, 0.15) is 5.75 Å². The minimum atomic E-state index is 0.272. The largest absolute Gasteiger partial charge is 0.508 e. The first-order chi connectivity index (χ1) is 10.2. The van der Waals surface area contributed by atoms with E-state index in [-0.39, 0.29) is 5.75 Å². The Labute approximate surface area is 124 Å². The van der Waals surface area contributed by atoms with Crippen LogP contribution in [-0.2, 0) is 0 Å². The molecule has 1 aliphatic rings. The molecule has 0 amide bonds. The molecule has 3 rings (SSSR count). The lowest BCUT2D eigenvalue weighted by atomic mass is 9.97. The van der Waals surface area contributed by atoms with E-state index in [4.69, 9.17) is 5.73 Å². The van der Waals surface area contributed by atoms with Crippen LogP contribution in [0.25, 0.3) is 11.4 Å². The first-order valence-electron chi connectivity index (χ1n) is 7.35. The van der Waals surface area contributed by atoms with Gasteiger partial charge in [0.15, 0.2) is 5.82 Å². The summed E-state index contributed by atoms with van der Waals surface area (Å²) in [5.74, 6) is 2.30. The Morgan fingerprint density at radius 3 is 2.81 bits per heavy atom. The van der Waals surface area contributed by atoms with Crippen molar-refractivity contribution in [3.8, 4) is 17.1 Å². The van der Waals surface area contributed by atoms with Crippen LogP contribution in [0.2, 0.25) is 0 Å². The number of phenolic OH excluding ortho intramolecular Hbond substituents is 1. The number of benzene rings is 1. The van der Waals surface area contributed by atoms with E-state index >= 15 is 0 Å². The molecule has 6 heteroatoms. The Kier molecular flexibility index (Phi) is 3.79. The van der Waals surface area contributed by atoms with Gasteiger partial charge in [0.2, 0.25) is 5.95 Å². The van der Waals surface area contributed by atoms with Crippen LogP contribution in [0.5, 0.6) is 5.75 Å². The van der Waals surface area contributed by atoms with Gasteiger partial charge in [-0.2, -0.15) is 4.98 Å². The maximum atomic E-state index is 9.79. The number of aryl methyl sites for hydroxylation is 1. The smallest absolute Gasteiger partial charge is 0.245 e. The van der Waals surface area contributed by atoms with E-state index < -0.39 is 0 Å². The van der Waals surface area contributed by atoms with E-state index in [1.807, 2.05) is 19.1 Å². The van der Waals surface area contributed by atoms with Crippen molar-refractivity contribution in [3.05, 3.63) is 23.8 Å². The molecular weight excluding hydrogens is 266 g/mol. The van der Waals surface area contributed by atoms with E-state index in [1.54, 1.807) is 6.07 Å². The van der Waals surface area contributed by atoms with Gasteiger partial charge < -0.3 is 15.7 Å². The molecule has 0 bridgehead atoms. The number of phenols is 1. The van der Waals surface area contributed by atoms with Crippen LogP contribution in [0.3, 0.4) is 0 Å². The minimum absolute atomic E-state index is 0.272. The predicted octanol–water partition coefficient (Wildman–Crippen LogP) is 1.66. The van der Waals surface area contributed by atoms with Gasteiger partial charge >= 0.3 is 0 Å². The van der Waals surface area contributed by atoms with Crippen molar-refractivity contribution in [2.45, 2.75) is 19.8 Å². The van der Waals surface area contributed by atoms with Crippen LogP contribution in [0.15, 0.2) is 18.2 Å². The van der Waals surface area contributed by atoms with Crippen molar-refractivity contribution in [3.63, 3.8) is 0 Å². The number of piperidine rings is 1. The Morgan fingerprint density at radius 1 is 1.38 bits per heavy atom. The summed E-state index contributed by atoms with van der Waals surface area (Å²) < 4.78 is 0. The van der Waals surface area contributed by atoms with E-state index in [0.29, 0.717) is 11.7 Å². The Morgan fingerprint density at radius 2 is 2.14 bits per heavy atom. The Balaban J connectivity index is 1.76. The number of aromatic amines is 1. The Hall–Kier alpha value is -2.08. The number of anilines is 1. The Bertz CT molecular complexity index is 616. The summed E-state index contributed by atoms with van der Waals surface area (Å²) in [5.41, 5.74) is 7.40. The summed E-state index contributed by atoms with van der Waals surface area (Å²) in [7, 11) is 0. The zero-order chi connectivity index (χ0) is 14.8. The van der Waals surface area contributed by atoms with E-state index in [0.717, 1.165) is 49.6 Å². The molecule has 1 aliphatic heterocycles. The van der Waals surface area contributed by atoms with Gasteiger partial charge in [0, 0.05) is 18.7 Å². The third-order valence-corrected chi connectivity index (χ3v) is 4.19. The summed E-state index contributed by atoms with van der Waals surface area (Å²) in [5, 5.41) is 17.0. The third-order valence-electron chi connectivity index (χ3n) is 4.19. The summed E-state index contributed by atoms with van der Waals surface area (Å²) >= 11 is 0. The van der Waals surface area contributed by atoms with E-state index in [2.05, 4.69) is 20.1 Å². The molecule has 6 nitrogen and oxygen atoms in total. The lowest BCUT2D eigenvalue weighted by molar-refractivity contribution is 0.411. The lowest BCUT2D eigenvalue weighted by Gasteiger charge is -2.30. The zero-order valence-electron chi connectivity index (χ0n) is 12.2. The molecule has 0 unspecified atom stereocenters. The second-order valence-corrected chi connectivity index (χ2v) is 5.65. The van der Waals surface area contributed by atoms with Crippen LogP contribution < -0.4 is 10.6 Å². The fourth-order valence-electron chi connectivity index (χ4n) is 2.65. The number of hydrogen-bond donors (Lipinski definition) is 3. The molecule has 1 fully saturated rings. The molecular formula is C15H21N5O. The van der Waals surface area contributed by atoms with Crippen LogP contribution in [-0.4, -0.2) is 39.9 Å². The van der Waals surface area contributed by atoms with Crippen LogP contribution in [0.4, 0.5) is 5.95 Å². The number of nitrogens with one attached hydrogen (secondary N) is 1. The number of nitrogens with two attached hydrogens (primary N) is 1. The number of aromatic nitrogens is 3. The van der Waals surface area contributed by atoms with Gasteiger partial charge in [-0.1, -0.05) is 12.1 Å². The molecule has 0 spiro atoms. The number of H-pyrrole nitrogens is 1. The predicted molar refractivity (Wildman–Crippen MR) is 82.2 cm³/mol. The molecule has 112 valence electrons. The number of hydrogen-bond acceptors (Lipinski definition) is 5. The van der Waals surface area contributed by atoms with Gasteiger partial charge in [-0.15, -0.1) is 5.10 Å². The first kappa shape index (κ1) is 13.9. The molecule has 0 radical (unpaired) electrons. The fraction of sp³-hybridized carbons (Fsp3) is 0.467. The molecule has 0 atom stereocenters. The SMILES string of the molecule is Cc1ccc(-c2nc(N3CCC(CN)CC3)n[nH]2)cc1O. The van der Waals surface area contributed by atoms with E-state index in [9.17, 15) is 5.11 Å². The molecule has 2 aromatic rings.